The predicted molar refractivity (Wildman–Crippen MR) is 115 cm³/mol. The summed E-state index contributed by atoms with van der Waals surface area (Å²) in [6.45, 7) is 3.90. The van der Waals surface area contributed by atoms with E-state index in [2.05, 4.69) is 9.88 Å². The van der Waals surface area contributed by atoms with Gasteiger partial charge in [0.2, 0.25) is 0 Å². The molecule has 1 aliphatic carbocycles. The normalized spacial score (nSPS) is 16.6. The van der Waals surface area contributed by atoms with Crippen molar-refractivity contribution in [2.75, 3.05) is 37.6 Å². The Labute approximate surface area is 179 Å². The van der Waals surface area contributed by atoms with Gasteiger partial charge in [-0.2, -0.15) is 0 Å². The Morgan fingerprint density at radius 2 is 1.90 bits per heavy atom. The van der Waals surface area contributed by atoms with Crippen LogP contribution in [-0.4, -0.2) is 59.3 Å². The molecule has 1 aromatic heterocycles. The minimum atomic E-state index is -0.887. The number of aromatic nitrogens is 1. The lowest BCUT2D eigenvalue weighted by atomic mass is 10.1. The number of carboxylic acids is 1. The summed E-state index contributed by atoms with van der Waals surface area (Å²) in [5.74, 6) is -1.31. The van der Waals surface area contributed by atoms with Crippen molar-refractivity contribution in [1.29, 1.82) is 0 Å². The lowest BCUT2D eigenvalue weighted by Crippen LogP contribution is -2.52. The van der Waals surface area contributed by atoms with Gasteiger partial charge in [0, 0.05) is 62.3 Å². The number of carbonyl (C=O) groups excluding carboxylic acids is 1. The average molecular weight is 430 g/mol. The highest BCUT2D eigenvalue weighted by Gasteiger charge is 2.27. The first kappa shape index (κ1) is 21.1. The number of urea groups is 1. The Kier molecular flexibility index (Phi) is 5.84. The zero-order chi connectivity index (χ0) is 22.1. The molecule has 1 saturated carbocycles. The largest absolute Gasteiger partial charge is 0.481 e. The van der Waals surface area contributed by atoms with E-state index in [1.54, 1.807) is 17.9 Å². The molecule has 2 heterocycles. The Bertz CT molecular complexity index is 1070. The predicted octanol–water partition coefficient (Wildman–Crippen LogP) is 2.48. The second-order valence-corrected chi connectivity index (χ2v) is 8.30. The van der Waals surface area contributed by atoms with E-state index in [9.17, 15) is 18.8 Å². The van der Waals surface area contributed by atoms with Gasteiger partial charge in [-0.05, 0) is 38.3 Å². The van der Waals surface area contributed by atoms with Crippen LogP contribution in [-0.2, 0) is 4.79 Å². The van der Waals surface area contributed by atoms with Gasteiger partial charge in [-0.15, -0.1) is 0 Å². The molecule has 0 spiro atoms. The van der Waals surface area contributed by atoms with Gasteiger partial charge in [-0.1, -0.05) is 0 Å². The molecule has 1 aliphatic heterocycles. The average Bonchev–Trinajstić information content (AvgIpc) is 3.59. The van der Waals surface area contributed by atoms with E-state index in [-0.39, 0.29) is 17.9 Å². The molecule has 0 bridgehead atoms. The van der Waals surface area contributed by atoms with Crippen molar-refractivity contribution in [3.8, 4) is 0 Å². The summed E-state index contributed by atoms with van der Waals surface area (Å²) in [6.07, 6.45) is 4.39. The van der Waals surface area contributed by atoms with Crippen LogP contribution in [0.4, 0.5) is 14.9 Å². The molecule has 2 amide bonds. The van der Waals surface area contributed by atoms with E-state index >= 15 is 0 Å². The molecule has 9 heteroatoms. The number of nitrogens with zero attached hydrogens (tertiary/aromatic N) is 3. The summed E-state index contributed by atoms with van der Waals surface area (Å²) in [7, 11) is 0. The van der Waals surface area contributed by atoms with E-state index in [0.717, 1.165) is 18.4 Å². The van der Waals surface area contributed by atoms with Gasteiger partial charge in [0.15, 0.2) is 5.43 Å². The highest BCUT2D eigenvalue weighted by molar-refractivity contribution is 5.84. The van der Waals surface area contributed by atoms with Crippen LogP contribution >= 0.6 is 0 Å². The number of nitrogens with one attached hydrogen (secondary N) is 1. The summed E-state index contributed by atoms with van der Waals surface area (Å²) in [6, 6.07) is 3.25. The van der Waals surface area contributed by atoms with E-state index in [1.807, 2.05) is 11.1 Å². The van der Waals surface area contributed by atoms with Gasteiger partial charge in [-0.3, -0.25) is 9.59 Å². The molecule has 0 atom stereocenters. The van der Waals surface area contributed by atoms with E-state index in [0.29, 0.717) is 61.8 Å². The van der Waals surface area contributed by atoms with Crippen LogP contribution in [0.2, 0.25) is 0 Å². The number of halogens is 1. The van der Waals surface area contributed by atoms with Crippen LogP contribution in [0.25, 0.3) is 10.9 Å². The summed E-state index contributed by atoms with van der Waals surface area (Å²) in [5, 5.41) is 11.8. The van der Waals surface area contributed by atoms with Gasteiger partial charge < -0.3 is 24.8 Å². The standard InChI is InChI=1S/C22H27FN4O4/c1-14-13-27(15-4-5-15)18-12-19(17(23)11-16(18)21(14)30)25-7-9-26(10-8-25)22(31)24-6-2-3-20(28)29/h11-13,15H,2-10H2,1H3,(H,24,31)(H,28,29). The van der Waals surface area contributed by atoms with Crippen LogP contribution in [0, 0.1) is 12.7 Å². The third-order valence-electron chi connectivity index (χ3n) is 5.97. The monoisotopic (exact) mass is 430 g/mol. The first-order valence-electron chi connectivity index (χ1n) is 10.7. The van der Waals surface area contributed by atoms with Crippen molar-refractivity contribution < 1.29 is 19.1 Å². The second kappa shape index (κ2) is 8.56. The first-order chi connectivity index (χ1) is 14.8. The molecule has 4 rings (SSSR count). The van der Waals surface area contributed by atoms with Crippen molar-refractivity contribution in [3.05, 3.63) is 39.9 Å². The third kappa shape index (κ3) is 4.50. The van der Waals surface area contributed by atoms with Gasteiger partial charge in [0.05, 0.1) is 11.2 Å². The van der Waals surface area contributed by atoms with Crippen LogP contribution < -0.4 is 15.6 Å². The Hall–Kier alpha value is -3.10. The van der Waals surface area contributed by atoms with Crippen molar-refractivity contribution in [1.82, 2.24) is 14.8 Å². The Balaban J connectivity index is 1.47. The third-order valence-corrected chi connectivity index (χ3v) is 5.97. The van der Waals surface area contributed by atoms with E-state index in [4.69, 9.17) is 5.11 Å². The maximum Gasteiger partial charge on any atom is 0.317 e. The summed E-state index contributed by atoms with van der Waals surface area (Å²) in [4.78, 5) is 38.9. The SMILES string of the molecule is Cc1cn(C2CC2)c2cc(N3CCN(C(=O)NCCCC(=O)O)CC3)c(F)cc2c1=O. The number of aryl methyl sites for hydroxylation is 1. The summed E-state index contributed by atoms with van der Waals surface area (Å²) >= 11 is 0. The molecule has 1 aromatic carbocycles. The minimum Gasteiger partial charge on any atom is -0.481 e. The molecule has 2 N–H and O–H groups in total. The van der Waals surface area contributed by atoms with Crippen molar-refractivity contribution in [2.45, 2.75) is 38.6 Å². The molecule has 1 saturated heterocycles. The number of fused-ring (bicyclic) bond motifs is 1. The number of pyridine rings is 1. The van der Waals surface area contributed by atoms with E-state index in [1.165, 1.54) is 6.07 Å². The Morgan fingerprint density at radius 3 is 2.55 bits per heavy atom. The van der Waals surface area contributed by atoms with Gasteiger partial charge in [-0.25, -0.2) is 9.18 Å². The molecular formula is C22H27FN4O4. The number of piperazine rings is 1. The summed E-state index contributed by atoms with van der Waals surface area (Å²) < 4.78 is 17.1. The fourth-order valence-electron chi connectivity index (χ4n) is 4.09. The molecule has 0 radical (unpaired) electrons. The smallest absolute Gasteiger partial charge is 0.317 e. The second-order valence-electron chi connectivity index (χ2n) is 8.30. The van der Waals surface area contributed by atoms with Gasteiger partial charge in [0.1, 0.15) is 5.82 Å². The molecule has 31 heavy (non-hydrogen) atoms. The van der Waals surface area contributed by atoms with Crippen molar-refractivity contribution in [3.63, 3.8) is 0 Å². The molecule has 0 unspecified atom stereocenters. The minimum absolute atomic E-state index is 0.0146. The van der Waals surface area contributed by atoms with Crippen molar-refractivity contribution >= 4 is 28.6 Å². The van der Waals surface area contributed by atoms with Gasteiger partial charge in [0.25, 0.3) is 0 Å². The molecule has 8 nitrogen and oxygen atoms in total. The number of carbonyl (C=O) groups is 2. The van der Waals surface area contributed by atoms with Crippen LogP contribution in [0.1, 0.15) is 37.3 Å². The molecule has 2 aromatic rings. The number of carboxylic acid groups (broad SMARTS) is 1. The zero-order valence-corrected chi connectivity index (χ0v) is 17.6. The lowest BCUT2D eigenvalue weighted by molar-refractivity contribution is -0.137. The fourth-order valence-corrected chi connectivity index (χ4v) is 4.09. The molecule has 2 fully saturated rings. The summed E-state index contributed by atoms with van der Waals surface area (Å²) in [5.41, 5.74) is 1.69. The lowest BCUT2D eigenvalue weighted by Gasteiger charge is -2.36. The molecular weight excluding hydrogens is 403 g/mol. The molecule has 166 valence electrons. The van der Waals surface area contributed by atoms with Crippen LogP contribution in [0.5, 0.6) is 0 Å². The maximum atomic E-state index is 15.0. The number of benzene rings is 1. The van der Waals surface area contributed by atoms with Crippen molar-refractivity contribution in [2.24, 2.45) is 0 Å². The topological polar surface area (TPSA) is 94.9 Å². The zero-order valence-electron chi connectivity index (χ0n) is 17.6. The quantitative estimate of drug-likeness (QED) is 0.687. The van der Waals surface area contributed by atoms with Gasteiger partial charge >= 0.3 is 12.0 Å². The molecule has 2 aliphatic rings. The van der Waals surface area contributed by atoms with E-state index < -0.39 is 11.8 Å². The fraction of sp³-hybridized carbons (Fsp3) is 0.500. The highest BCUT2D eigenvalue weighted by atomic mass is 19.1. The number of hydrogen-bond acceptors (Lipinski definition) is 4. The Morgan fingerprint density at radius 1 is 1.19 bits per heavy atom. The van der Waals surface area contributed by atoms with Crippen LogP contribution in [0.15, 0.2) is 23.1 Å². The van der Waals surface area contributed by atoms with Crippen LogP contribution in [0.3, 0.4) is 0 Å². The first-order valence-corrected chi connectivity index (χ1v) is 10.7. The maximum absolute atomic E-state index is 15.0. The number of rotatable bonds is 6. The highest BCUT2D eigenvalue weighted by Crippen LogP contribution is 2.38. The number of amides is 2. The number of hydrogen-bond donors (Lipinski definition) is 2. The number of aliphatic carboxylic acids is 1. The number of anilines is 1.